The largest absolute Gasteiger partial charge is 0.321 e. The molecule has 4 rings (SSSR count). The van der Waals surface area contributed by atoms with Crippen LogP contribution in [0, 0.1) is 12.7 Å². The fourth-order valence-corrected chi connectivity index (χ4v) is 4.94. The topological polar surface area (TPSA) is 49.4 Å². The highest BCUT2D eigenvalue weighted by molar-refractivity contribution is 8.00. The van der Waals surface area contributed by atoms with Crippen molar-refractivity contribution in [3.05, 3.63) is 81.8 Å². The van der Waals surface area contributed by atoms with Gasteiger partial charge in [-0.1, -0.05) is 24.3 Å². The number of carbonyl (C=O) groups excluding carboxylic acids is 2. The second-order valence-corrected chi connectivity index (χ2v) is 8.38. The fraction of sp³-hybridized carbons (Fsp3) is 0.143. The summed E-state index contributed by atoms with van der Waals surface area (Å²) in [6.45, 7) is 1.68. The van der Waals surface area contributed by atoms with Gasteiger partial charge in [0.2, 0.25) is 5.91 Å². The van der Waals surface area contributed by atoms with Crippen LogP contribution in [0.3, 0.4) is 0 Å². The van der Waals surface area contributed by atoms with Gasteiger partial charge in [0.15, 0.2) is 0 Å². The van der Waals surface area contributed by atoms with E-state index in [0.29, 0.717) is 27.6 Å². The summed E-state index contributed by atoms with van der Waals surface area (Å²) in [5, 5.41) is 4.47. The molecule has 142 valence electrons. The predicted molar refractivity (Wildman–Crippen MR) is 113 cm³/mol. The first-order valence-electron chi connectivity index (χ1n) is 8.68. The van der Waals surface area contributed by atoms with Gasteiger partial charge >= 0.3 is 0 Å². The van der Waals surface area contributed by atoms with Gasteiger partial charge in [-0.25, -0.2) is 4.39 Å². The maximum atomic E-state index is 14.0. The van der Waals surface area contributed by atoms with Crippen molar-refractivity contribution < 1.29 is 14.0 Å². The van der Waals surface area contributed by atoms with Crippen LogP contribution in [-0.4, -0.2) is 17.6 Å². The van der Waals surface area contributed by atoms with E-state index in [4.69, 9.17) is 0 Å². The second-order valence-electron chi connectivity index (χ2n) is 6.37. The number of thioether (sulfide) groups is 1. The molecule has 1 atom stereocenters. The Morgan fingerprint density at radius 2 is 2.00 bits per heavy atom. The van der Waals surface area contributed by atoms with E-state index in [1.54, 1.807) is 30.0 Å². The molecule has 0 bridgehead atoms. The average Bonchev–Trinajstić information content (AvgIpc) is 3.34. The molecule has 2 aromatic carbocycles. The molecule has 0 saturated carbocycles. The number of hydrogen-bond donors (Lipinski definition) is 1. The highest BCUT2D eigenvalue weighted by atomic mass is 32.2. The SMILES string of the molecule is Cc1c(F)cccc1N1C(=O)CS[C@H]1c1cccc(NC(=O)c2cccs2)c1. The molecule has 1 aliphatic rings. The van der Waals surface area contributed by atoms with E-state index in [1.807, 2.05) is 35.7 Å². The Bertz CT molecular complexity index is 1040. The number of amides is 2. The van der Waals surface area contributed by atoms with Crippen molar-refractivity contribution in [1.82, 2.24) is 0 Å². The molecule has 0 aliphatic carbocycles. The first-order valence-corrected chi connectivity index (χ1v) is 10.6. The summed E-state index contributed by atoms with van der Waals surface area (Å²) in [4.78, 5) is 27.1. The van der Waals surface area contributed by atoms with E-state index in [9.17, 15) is 14.0 Å². The zero-order valence-corrected chi connectivity index (χ0v) is 16.6. The molecule has 1 N–H and O–H groups in total. The van der Waals surface area contributed by atoms with Gasteiger partial charge in [0.05, 0.1) is 16.3 Å². The van der Waals surface area contributed by atoms with E-state index >= 15 is 0 Å². The van der Waals surface area contributed by atoms with E-state index in [0.717, 1.165) is 5.56 Å². The number of nitrogens with zero attached hydrogens (tertiary/aromatic N) is 1. The normalized spacial score (nSPS) is 16.4. The Kier molecular flexibility index (Phi) is 5.19. The lowest BCUT2D eigenvalue weighted by Gasteiger charge is -2.26. The maximum Gasteiger partial charge on any atom is 0.265 e. The minimum Gasteiger partial charge on any atom is -0.321 e. The number of anilines is 2. The first-order chi connectivity index (χ1) is 13.5. The van der Waals surface area contributed by atoms with Crippen LogP contribution in [0.2, 0.25) is 0 Å². The lowest BCUT2D eigenvalue weighted by atomic mass is 10.1. The second kappa shape index (κ2) is 7.77. The molecule has 0 unspecified atom stereocenters. The van der Waals surface area contributed by atoms with Crippen LogP contribution >= 0.6 is 23.1 Å². The molecule has 0 spiro atoms. The number of benzene rings is 2. The van der Waals surface area contributed by atoms with Crippen LogP contribution in [0.25, 0.3) is 0 Å². The van der Waals surface area contributed by atoms with E-state index < -0.39 is 0 Å². The molecular weight excluding hydrogens is 395 g/mol. The van der Waals surface area contributed by atoms with Gasteiger partial charge in [-0.3, -0.25) is 14.5 Å². The Morgan fingerprint density at radius 1 is 1.18 bits per heavy atom. The third-order valence-electron chi connectivity index (χ3n) is 4.54. The van der Waals surface area contributed by atoms with E-state index in [-0.39, 0.29) is 23.0 Å². The summed E-state index contributed by atoms with van der Waals surface area (Å²) < 4.78 is 14.0. The van der Waals surface area contributed by atoms with Crippen molar-refractivity contribution in [2.24, 2.45) is 0 Å². The monoisotopic (exact) mass is 412 g/mol. The standard InChI is InChI=1S/C21H17FN2O2S2/c1-13-16(22)7-3-8-17(13)24-19(25)12-28-21(24)14-5-2-6-15(11-14)23-20(26)18-9-4-10-27-18/h2-11,21H,12H2,1H3,(H,23,26)/t21-/m0/s1. The molecule has 1 saturated heterocycles. The van der Waals surface area contributed by atoms with Gasteiger partial charge in [-0.15, -0.1) is 23.1 Å². The Hall–Kier alpha value is -2.64. The van der Waals surface area contributed by atoms with Crippen LogP contribution in [0.1, 0.15) is 26.2 Å². The Morgan fingerprint density at radius 3 is 2.79 bits per heavy atom. The highest BCUT2D eigenvalue weighted by Gasteiger charge is 2.35. The van der Waals surface area contributed by atoms with Crippen molar-refractivity contribution >= 4 is 46.3 Å². The van der Waals surface area contributed by atoms with Gasteiger partial charge in [0.25, 0.3) is 5.91 Å². The first kappa shape index (κ1) is 18.7. The van der Waals surface area contributed by atoms with Crippen molar-refractivity contribution in [2.45, 2.75) is 12.3 Å². The van der Waals surface area contributed by atoms with Crippen molar-refractivity contribution in [3.63, 3.8) is 0 Å². The number of carbonyl (C=O) groups is 2. The van der Waals surface area contributed by atoms with Crippen molar-refractivity contribution in [3.8, 4) is 0 Å². The number of hydrogen-bond acceptors (Lipinski definition) is 4. The summed E-state index contributed by atoms with van der Waals surface area (Å²) in [6.07, 6.45) is 0. The summed E-state index contributed by atoms with van der Waals surface area (Å²) in [7, 11) is 0. The van der Waals surface area contributed by atoms with Crippen LogP contribution < -0.4 is 10.2 Å². The van der Waals surface area contributed by atoms with Crippen LogP contribution in [0.5, 0.6) is 0 Å². The van der Waals surface area contributed by atoms with E-state index in [2.05, 4.69) is 5.32 Å². The molecule has 28 heavy (non-hydrogen) atoms. The number of thiophene rings is 1. The molecule has 1 aromatic heterocycles. The predicted octanol–water partition coefficient (Wildman–Crippen LogP) is 5.23. The minimum atomic E-state index is -0.335. The van der Waals surface area contributed by atoms with Gasteiger partial charge in [0.1, 0.15) is 11.2 Å². The third kappa shape index (κ3) is 3.55. The maximum absolute atomic E-state index is 14.0. The van der Waals surface area contributed by atoms with E-state index in [1.165, 1.54) is 29.2 Å². The van der Waals surface area contributed by atoms with Crippen LogP contribution in [0.4, 0.5) is 15.8 Å². The molecule has 1 fully saturated rings. The molecule has 1 aliphatic heterocycles. The zero-order valence-electron chi connectivity index (χ0n) is 15.0. The van der Waals surface area contributed by atoms with Crippen LogP contribution in [0.15, 0.2) is 60.0 Å². The molecule has 3 aromatic rings. The molecular formula is C21H17FN2O2S2. The zero-order chi connectivity index (χ0) is 19.7. The average molecular weight is 413 g/mol. The molecule has 7 heteroatoms. The van der Waals surface area contributed by atoms with Crippen LogP contribution in [-0.2, 0) is 4.79 Å². The highest BCUT2D eigenvalue weighted by Crippen LogP contribution is 2.43. The van der Waals surface area contributed by atoms with Gasteiger partial charge in [-0.2, -0.15) is 0 Å². The minimum absolute atomic E-state index is 0.0586. The molecule has 2 heterocycles. The lowest BCUT2D eigenvalue weighted by molar-refractivity contribution is -0.115. The molecule has 2 amide bonds. The molecule has 0 radical (unpaired) electrons. The fourth-order valence-electron chi connectivity index (χ4n) is 3.16. The summed E-state index contributed by atoms with van der Waals surface area (Å²) >= 11 is 2.87. The molecule has 4 nitrogen and oxygen atoms in total. The smallest absolute Gasteiger partial charge is 0.265 e. The Labute approximate surface area is 170 Å². The summed E-state index contributed by atoms with van der Waals surface area (Å²) in [5.41, 5.74) is 2.56. The van der Waals surface area contributed by atoms with Gasteiger partial charge in [-0.05, 0) is 48.2 Å². The number of rotatable bonds is 4. The Balaban J connectivity index is 1.63. The number of halogens is 1. The van der Waals surface area contributed by atoms with Gasteiger partial charge < -0.3 is 5.32 Å². The summed E-state index contributed by atoms with van der Waals surface area (Å²) in [6, 6.07) is 15.8. The van der Waals surface area contributed by atoms with Gasteiger partial charge in [0, 0.05) is 11.3 Å². The quantitative estimate of drug-likeness (QED) is 0.639. The van der Waals surface area contributed by atoms with Crippen molar-refractivity contribution in [1.29, 1.82) is 0 Å². The third-order valence-corrected chi connectivity index (χ3v) is 6.62. The van der Waals surface area contributed by atoms with Crippen molar-refractivity contribution in [2.75, 3.05) is 16.0 Å². The summed E-state index contributed by atoms with van der Waals surface area (Å²) in [5.74, 6) is -0.235. The number of nitrogens with one attached hydrogen (secondary N) is 1. The lowest BCUT2D eigenvalue weighted by Crippen LogP contribution is -2.28.